The van der Waals surface area contributed by atoms with E-state index >= 15 is 0 Å². The molecule has 37 heavy (non-hydrogen) atoms. The molecule has 3 aromatic rings. The number of carbonyl (C=O) groups is 3. The molecule has 188 valence electrons. The number of ether oxygens (including phenoxy) is 1. The summed E-state index contributed by atoms with van der Waals surface area (Å²) in [5.74, 6) is -0.451. The number of rotatable bonds is 7. The fraction of sp³-hybridized carbons (Fsp3) is 0.310. The lowest BCUT2D eigenvalue weighted by molar-refractivity contribution is -0.138. The summed E-state index contributed by atoms with van der Waals surface area (Å²) < 4.78 is 5.93. The fourth-order valence-corrected chi connectivity index (χ4v) is 5.98. The highest BCUT2D eigenvalue weighted by molar-refractivity contribution is 6.12. The van der Waals surface area contributed by atoms with Gasteiger partial charge in [-0.1, -0.05) is 42.5 Å². The molecule has 8 nitrogen and oxygen atoms in total. The van der Waals surface area contributed by atoms with Crippen molar-refractivity contribution in [3.05, 3.63) is 89.6 Å². The van der Waals surface area contributed by atoms with Gasteiger partial charge in [-0.15, -0.1) is 0 Å². The highest BCUT2D eigenvalue weighted by atomic mass is 16.5. The van der Waals surface area contributed by atoms with Gasteiger partial charge in [0, 0.05) is 17.9 Å². The average molecular weight is 497 g/mol. The number of carbonyl (C=O) groups excluding carboxylic acids is 3. The molecule has 0 atom stereocenters. The lowest BCUT2D eigenvalue weighted by atomic mass is 9.52. The first kappa shape index (κ1) is 23.2. The van der Waals surface area contributed by atoms with Crippen molar-refractivity contribution in [3.8, 4) is 5.88 Å². The van der Waals surface area contributed by atoms with Crippen molar-refractivity contribution in [2.45, 2.75) is 44.2 Å². The van der Waals surface area contributed by atoms with Crippen LogP contribution < -0.4 is 15.4 Å². The second-order valence-corrected chi connectivity index (χ2v) is 10.4. The van der Waals surface area contributed by atoms with Crippen LogP contribution in [0.25, 0.3) is 0 Å². The van der Waals surface area contributed by atoms with Crippen molar-refractivity contribution in [1.29, 1.82) is 0 Å². The number of benzene rings is 2. The molecular formula is C29H28N4O4. The Morgan fingerprint density at radius 3 is 2.35 bits per heavy atom. The number of hydrogen-bond acceptors (Lipinski definition) is 5. The summed E-state index contributed by atoms with van der Waals surface area (Å²) in [4.78, 5) is 44.8. The molecule has 8 heteroatoms. The Hall–Kier alpha value is -4.20. The molecule has 2 N–H and O–H groups in total. The number of nitrogens with two attached hydrogens (primary N) is 1. The number of primary amides is 1. The first-order valence-corrected chi connectivity index (χ1v) is 12.6. The molecule has 0 unspecified atom stereocenters. The molecule has 2 aromatic carbocycles. The molecule has 6 rings (SSSR count). The molecule has 4 amide bonds. The van der Waals surface area contributed by atoms with Gasteiger partial charge in [0.05, 0.1) is 0 Å². The molecule has 2 saturated carbocycles. The van der Waals surface area contributed by atoms with E-state index in [2.05, 4.69) is 17.1 Å². The van der Waals surface area contributed by atoms with E-state index in [1.54, 1.807) is 23.2 Å². The van der Waals surface area contributed by atoms with Crippen LogP contribution in [0.15, 0.2) is 72.9 Å². The molecule has 1 saturated heterocycles. The zero-order valence-electron chi connectivity index (χ0n) is 20.4. The summed E-state index contributed by atoms with van der Waals surface area (Å²) in [7, 11) is 0. The Labute approximate surface area is 215 Å². The number of pyridine rings is 1. The van der Waals surface area contributed by atoms with Crippen molar-refractivity contribution >= 4 is 23.5 Å². The van der Waals surface area contributed by atoms with Crippen molar-refractivity contribution in [3.63, 3.8) is 0 Å². The Balaban J connectivity index is 1.04. The van der Waals surface area contributed by atoms with E-state index in [1.165, 1.54) is 10.5 Å². The van der Waals surface area contributed by atoms with Gasteiger partial charge in [-0.05, 0) is 72.9 Å². The summed E-state index contributed by atoms with van der Waals surface area (Å²) >= 11 is 0. The van der Waals surface area contributed by atoms with E-state index in [4.69, 9.17) is 10.5 Å². The predicted octanol–water partition coefficient (Wildman–Crippen LogP) is 3.93. The van der Waals surface area contributed by atoms with Crippen LogP contribution >= 0.6 is 0 Å². The maximum Gasteiger partial charge on any atom is 0.331 e. The molecular weight excluding hydrogens is 468 g/mol. The van der Waals surface area contributed by atoms with E-state index in [0.717, 1.165) is 43.4 Å². The van der Waals surface area contributed by atoms with Gasteiger partial charge in [0.2, 0.25) is 5.88 Å². The maximum atomic E-state index is 13.2. The van der Waals surface area contributed by atoms with E-state index in [1.807, 2.05) is 42.5 Å². The van der Waals surface area contributed by atoms with Gasteiger partial charge in [0.1, 0.15) is 18.2 Å². The minimum Gasteiger partial charge on any atom is -0.474 e. The normalized spacial score (nSPS) is 24.6. The second-order valence-electron chi connectivity index (χ2n) is 10.4. The Bertz CT molecular complexity index is 1340. The van der Waals surface area contributed by atoms with Crippen LogP contribution in [0.4, 0.5) is 10.5 Å². The Morgan fingerprint density at radius 1 is 0.946 bits per heavy atom. The number of nitrogens with zero attached hydrogens (tertiary/aromatic N) is 3. The number of imide groups is 1. The monoisotopic (exact) mass is 496 g/mol. The third-order valence-electron chi connectivity index (χ3n) is 7.84. The quantitative estimate of drug-likeness (QED) is 0.499. The van der Waals surface area contributed by atoms with E-state index in [0.29, 0.717) is 0 Å². The van der Waals surface area contributed by atoms with E-state index < -0.39 is 5.91 Å². The second kappa shape index (κ2) is 9.03. The molecule has 1 spiro atoms. The largest absolute Gasteiger partial charge is 0.474 e. The fourth-order valence-electron chi connectivity index (χ4n) is 5.98. The third-order valence-corrected chi connectivity index (χ3v) is 7.84. The Kier molecular flexibility index (Phi) is 5.67. The van der Waals surface area contributed by atoms with Gasteiger partial charge < -0.3 is 10.5 Å². The van der Waals surface area contributed by atoms with Crippen LogP contribution in [-0.4, -0.2) is 46.4 Å². The van der Waals surface area contributed by atoms with Crippen LogP contribution in [0.2, 0.25) is 0 Å². The summed E-state index contributed by atoms with van der Waals surface area (Å²) in [5, 5.41) is 0. The molecule has 3 fully saturated rings. The lowest BCUT2D eigenvalue weighted by Gasteiger charge is -2.58. The first-order chi connectivity index (χ1) is 17.9. The summed E-state index contributed by atoms with van der Waals surface area (Å²) in [5.41, 5.74) is 8.88. The van der Waals surface area contributed by atoms with Gasteiger partial charge in [-0.2, -0.15) is 0 Å². The topological polar surface area (TPSA) is 106 Å². The van der Waals surface area contributed by atoms with Crippen molar-refractivity contribution < 1.29 is 19.1 Å². The van der Waals surface area contributed by atoms with Crippen LogP contribution in [0.5, 0.6) is 5.88 Å². The zero-order valence-corrected chi connectivity index (χ0v) is 20.4. The minimum absolute atomic E-state index is 0.0511. The number of hydrogen-bond donors (Lipinski definition) is 1. The standard InChI is InChI=1S/C29H28N4O4/c30-26(35)24-7-4-12-31-27(24)37-23-16-29(17-23)14-22(15-29)33-25(34)18-32(28(33)36)21-10-8-20(9-11-21)13-19-5-2-1-3-6-19/h1-12,22-23H,13-18H2,(H2,30,35). The van der Waals surface area contributed by atoms with Crippen molar-refractivity contribution in [2.24, 2.45) is 11.1 Å². The number of amides is 4. The maximum absolute atomic E-state index is 13.2. The molecule has 2 aliphatic carbocycles. The molecule has 3 aliphatic rings. The van der Waals surface area contributed by atoms with Crippen molar-refractivity contribution in [1.82, 2.24) is 9.88 Å². The highest BCUT2D eigenvalue weighted by Gasteiger charge is 2.58. The molecule has 1 aliphatic heterocycles. The van der Waals surface area contributed by atoms with Crippen LogP contribution in [0, 0.1) is 5.41 Å². The lowest BCUT2D eigenvalue weighted by Crippen LogP contribution is -2.60. The van der Waals surface area contributed by atoms with Gasteiger partial charge in [-0.3, -0.25) is 19.4 Å². The molecule has 1 aromatic heterocycles. The zero-order chi connectivity index (χ0) is 25.6. The van der Waals surface area contributed by atoms with Gasteiger partial charge in [0.25, 0.3) is 11.8 Å². The summed E-state index contributed by atoms with van der Waals surface area (Å²) in [6.45, 7) is 0.0711. The number of anilines is 1. The van der Waals surface area contributed by atoms with Gasteiger partial charge >= 0.3 is 6.03 Å². The summed E-state index contributed by atoms with van der Waals surface area (Å²) in [6, 6.07) is 21.0. The number of urea groups is 1. The minimum atomic E-state index is -0.567. The van der Waals surface area contributed by atoms with Crippen LogP contribution in [0.1, 0.15) is 47.2 Å². The molecule has 2 heterocycles. The van der Waals surface area contributed by atoms with Crippen LogP contribution in [0.3, 0.4) is 0 Å². The smallest absolute Gasteiger partial charge is 0.331 e. The highest BCUT2D eigenvalue weighted by Crippen LogP contribution is 2.58. The molecule has 0 radical (unpaired) electrons. The SMILES string of the molecule is NC(=O)c1cccnc1OC1CC2(C1)CC(N1C(=O)CN(c3ccc(Cc4ccccc4)cc3)C1=O)C2. The first-order valence-electron chi connectivity index (χ1n) is 12.6. The van der Waals surface area contributed by atoms with Crippen molar-refractivity contribution in [2.75, 3.05) is 11.4 Å². The molecule has 0 bridgehead atoms. The van der Waals surface area contributed by atoms with Crippen LogP contribution in [-0.2, 0) is 11.2 Å². The van der Waals surface area contributed by atoms with Gasteiger partial charge in [-0.25, -0.2) is 9.78 Å². The van der Waals surface area contributed by atoms with E-state index in [-0.39, 0.29) is 47.5 Å². The number of aromatic nitrogens is 1. The predicted molar refractivity (Wildman–Crippen MR) is 137 cm³/mol. The van der Waals surface area contributed by atoms with E-state index in [9.17, 15) is 14.4 Å². The third kappa shape index (κ3) is 4.33. The Morgan fingerprint density at radius 2 is 1.65 bits per heavy atom. The average Bonchev–Trinajstić information content (AvgIpc) is 3.14. The summed E-state index contributed by atoms with van der Waals surface area (Å²) in [6.07, 6.45) is 5.51. The van der Waals surface area contributed by atoms with Gasteiger partial charge in [0.15, 0.2) is 0 Å².